The van der Waals surface area contributed by atoms with Crippen LogP contribution in [0.5, 0.6) is 0 Å². The fraction of sp³-hybridized carbons (Fsp3) is 0.396. The Bertz CT molecular complexity index is 3170. The number of halogens is 4. The van der Waals surface area contributed by atoms with Gasteiger partial charge in [0.1, 0.15) is 46.0 Å². The molecule has 388 valence electrons. The molecule has 0 bridgehead atoms. The summed E-state index contributed by atoms with van der Waals surface area (Å²) in [6, 6.07) is 14.2. The van der Waals surface area contributed by atoms with Crippen LogP contribution >= 0.6 is 11.8 Å². The molecule has 21 heteroatoms. The number of thioether (sulfide) groups is 1. The third-order valence-corrected chi connectivity index (χ3v) is 14.2. The van der Waals surface area contributed by atoms with Crippen molar-refractivity contribution in [3.63, 3.8) is 0 Å². The van der Waals surface area contributed by atoms with Gasteiger partial charge in [-0.1, -0.05) is 6.07 Å². The van der Waals surface area contributed by atoms with Crippen LogP contribution in [0.25, 0.3) is 33.5 Å². The van der Waals surface area contributed by atoms with Gasteiger partial charge in [0.25, 0.3) is 0 Å². The molecule has 7 aromatic rings. The molecule has 5 N–H and O–H groups in total. The first kappa shape index (κ1) is 50.7. The van der Waals surface area contributed by atoms with E-state index >= 15 is 4.39 Å². The second-order valence-corrected chi connectivity index (χ2v) is 20.5. The molecule has 0 saturated carbocycles. The van der Waals surface area contributed by atoms with Crippen molar-refractivity contribution < 1.29 is 22.0 Å². The summed E-state index contributed by atoms with van der Waals surface area (Å²) >= 11 is 1.85. The predicted octanol–water partition coefficient (Wildman–Crippen LogP) is 9.97. The monoisotopic (exact) mass is 1030 g/mol. The minimum Gasteiger partial charge on any atom is -0.460 e. The summed E-state index contributed by atoms with van der Waals surface area (Å²) in [6.07, 6.45) is 6.76. The summed E-state index contributed by atoms with van der Waals surface area (Å²) in [7, 11) is 0. The SMILES string of the molecule is CC(C)N1c2cc(-c3nc(Nc4cc5oc(CN6CCNCC6)cc5cn4)ncc3F)cc(F)c2NC1C.CSCCN1CCc2nc(Nc3ncc(F)c(-c4cc(F)c5c(c4)N(C(C)C)C(C)N5)n3)ccc2C1. The third-order valence-electron chi connectivity index (χ3n) is 13.6. The van der Waals surface area contributed by atoms with Gasteiger partial charge < -0.3 is 40.8 Å². The molecule has 5 aromatic heterocycles. The molecule has 2 unspecified atom stereocenters. The van der Waals surface area contributed by atoms with Crippen molar-refractivity contribution in [2.24, 2.45) is 0 Å². The van der Waals surface area contributed by atoms with Crippen LogP contribution in [0.15, 0.2) is 71.5 Å². The largest absolute Gasteiger partial charge is 0.460 e. The lowest BCUT2D eigenvalue weighted by atomic mass is 10.1. The number of piperazine rings is 1. The van der Waals surface area contributed by atoms with Crippen molar-refractivity contribution in [1.82, 2.24) is 45.0 Å². The van der Waals surface area contributed by atoms with Gasteiger partial charge >= 0.3 is 0 Å². The minimum absolute atomic E-state index is 0.00448. The fourth-order valence-electron chi connectivity index (χ4n) is 10.2. The quantitative estimate of drug-likeness (QED) is 0.0693. The lowest BCUT2D eigenvalue weighted by Crippen LogP contribution is -2.42. The molecular weight excluding hydrogens is 971 g/mol. The Balaban J connectivity index is 0.000000170. The van der Waals surface area contributed by atoms with Gasteiger partial charge in [-0.25, -0.2) is 47.5 Å². The molecule has 2 atom stereocenters. The van der Waals surface area contributed by atoms with Gasteiger partial charge in [0.05, 0.1) is 54.0 Å². The highest BCUT2D eigenvalue weighted by Gasteiger charge is 2.33. The van der Waals surface area contributed by atoms with E-state index in [1.807, 2.05) is 65.4 Å². The van der Waals surface area contributed by atoms with E-state index in [0.29, 0.717) is 51.1 Å². The van der Waals surface area contributed by atoms with Crippen molar-refractivity contribution in [1.29, 1.82) is 0 Å². The Morgan fingerprint density at radius 3 is 1.86 bits per heavy atom. The molecule has 0 amide bonds. The molecule has 9 heterocycles. The Hall–Kier alpha value is -6.81. The van der Waals surface area contributed by atoms with Gasteiger partial charge in [0, 0.05) is 105 Å². The summed E-state index contributed by atoms with van der Waals surface area (Å²) in [5.41, 5.74) is 5.92. The van der Waals surface area contributed by atoms with E-state index in [4.69, 9.17) is 9.40 Å². The number of rotatable bonds is 13. The summed E-state index contributed by atoms with van der Waals surface area (Å²) in [5, 5.41) is 16.7. The number of nitrogens with zero attached hydrogens (tertiary/aromatic N) is 10. The predicted molar refractivity (Wildman–Crippen MR) is 286 cm³/mol. The van der Waals surface area contributed by atoms with Gasteiger partial charge in [-0.3, -0.25) is 9.80 Å². The molecule has 74 heavy (non-hydrogen) atoms. The molecule has 4 aliphatic heterocycles. The van der Waals surface area contributed by atoms with Gasteiger partial charge in [0.2, 0.25) is 11.9 Å². The highest BCUT2D eigenvalue weighted by molar-refractivity contribution is 7.98. The summed E-state index contributed by atoms with van der Waals surface area (Å²) in [4.78, 5) is 35.0. The van der Waals surface area contributed by atoms with Crippen LogP contribution in [-0.4, -0.2) is 115 Å². The first-order chi connectivity index (χ1) is 35.7. The second-order valence-electron chi connectivity index (χ2n) is 19.5. The van der Waals surface area contributed by atoms with Crippen LogP contribution in [-0.2, 0) is 19.5 Å². The molecule has 11 rings (SSSR count). The van der Waals surface area contributed by atoms with Gasteiger partial charge in [-0.05, 0) is 89.8 Å². The maximum atomic E-state index is 15.0. The zero-order valence-electron chi connectivity index (χ0n) is 42.5. The maximum absolute atomic E-state index is 15.0. The Kier molecular flexibility index (Phi) is 14.8. The lowest BCUT2D eigenvalue weighted by Gasteiger charge is -2.28. The zero-order chi connectivity index (χ0) is 51.8. The second kappa shape index (κ2) is 21.6. The van der Waals surface area contributed by atoms with E-state index in [1.54, 1.807) is 24.4 Å². The van der Waals surface area contributed by atoms with Crippen LogP contribution in [0, 0.1) is 23.3 Å². The van der Waals surface area contributed by atoms with Crippen molar-refractivity contribution in [3.05, 3.63) is 107 Å². The van der Waals surface area contributed by atoms with Crippen LogP contribution in [0.4, 0.5) is 63.8 Å². The van der Waals surface area contributed by atoms with Crippen LogP contribution < -0.4 is 36.4 Å². The number of anilines is 8. The summed E-state index contributed by atoms with van der Waals surface area (Å²) in [5.74, 6) is 1.27. The average Bonchev–Trinajstić information content (AvgIpc) is 4.06. The Labute approximate surface area is 432 Å². The Morgan fingerprint density at radius 1 is 0.689 bits per heavy atom. The lowest BCUT2D eigenvalue weighted by molar-refractivity contribution is 0.218. The molecule has 2 aromatic carbocycles. The van der Waals surface area contributed by atoms with Crippen molar-refractivity contribution in [3.8, 4) is 22.5 Å². The zero-order valence-corrected chi connectivity index (χ0v) is 43.3. The van der Waals surface area contributed by atoms with E-state index in [-0.39, 0.29) is 47.7 Å². The van der Waals surface area contributed by atoms with Crippen LogP contribution in [0.3, 0.4) is 0 Å². The normalized spacial score (nSPS) is 17.5. The Morgan fingerprint density at radius 2 is 1.28 bits per heavy atom. The minimum atomic E-state index is -0.642. The molecule has 1 fully saturated rings. The molecule has 0 aliphatic carbocycles. The highest BCUT2D eigenvalue weighted by atomic mass is 32.2. The number of aromatic nitrogens is 6. The smallest absolute Gasteiger partial charge is 0.229 e. The summed E-state index contributed by atoms with van der Waals surface area (Å²) in [6.45, 7) is 19.7. The van der Waals surface area contributed by atoms with E-state index in [1.165, 1.54) is 17.7 Å². The van der Waals surface area contributed by atoms with E-state index in [9.17, 15) is 13.2 Å². The number of hydrogen-bond donors (Lipinski definition) is 5. The van der Waals surface area contributed by atoms with Crippen molar-refractivity contribution in [2.45, 2.75) is 85.5 Å². The first-order valence-corrected chi connectivity index (χ1v) is 26.5. The topological polar surface area (TPSA) is 164 Å². The van der Waals surface area contributed by atoms with Crippen molar-refractivity contribution in [2.75, 3.05) is 82.3 Å². The fourth-order valence-corrected chi connectivity index (χ4v) is 10.7. The number of nitrogens with one attached hydrogen (secondary N) is 5. The van der Waals surface area contributed by atoms with Crippen molar-refractivity contribution >= 4 is 69.0 Å². The number of benzene rings is 2. The summed E-state index contributed by atoms with van der Waals surface area (Å²) < 4.78 is 65.8. The van der Waals surface area contributed by atoms with E-state index in [0.717, 1.165) is 93.8 Å². The third kappa shape index (κ3) is 10.7. The van der Waals surface area contributed by atoms with Crippen LogP contribution in [0.2, 0.25) is 0 Å². The first-order valence-electron chi connectivity index (χ1n) is 25.1. The molecule has 16 nitrogen and oxygen atoms in total. The molecule has 1 saturated heterocycles. The number of hydrogen-bond acceptors (Lipinski definition) is 17. The highest BCUT2D eigenvalue weighted by Crippen LogP contribution is 2.43. The van der Waals surface area contributed by atoms with Gasteiger partial charge in [0.15, 0.2) is 11.6 Å². The van der Waals surface area contributed by atoms with Crippen LogP contribution in [0.1, 0.15) is 58.6 Å². The molecule has 0 spiro atoms. The van der Waals surface area contributed by atoms with Gasteiger partial charge in [-0.15, -0.1) is 0 Å². The number of pyridine rings is 2. The van der Waals surface area contributed by atoms with Gasteiger partial charge in [-0.2, -0.15) is 11.8 Å². The standard InChI is InChI=1S/C27H30F2N8O.C26H31F2N7S/c1-15(2)37-16(3)33-26-20(28)9-17(10-22(26)37)25-21(29)13-32-27(35-25)34-24-11-23-18(12-31-24)8-19(38-23)14-36-6-4-30-5-7-36;1-15(2)35-16(3)30-25-19(27)11-18(12-22(25)35)24-20(28)13-29-26(33-24)32-23-6-5-17-14-34(9-10-36-4)8-7-21(17)31-23/h8-13,15-16,30,33H,4-7,14H2,1-3H3,(H,31,32,34,35);5-6,11-13,15-16,30H,7-10,14H2,1-4H3,(H,29,31,32,33). The average molecular weight is 1030 g/mol. The molecular formula is C53H61F4N15OS. The van der Waals surface area contributed by atoms with E-state index in [2.05, 4.69) is 83.4 Å². The number of furan rings is 1. The van der Waals surface area contributed by atoms with E-state index < -0.39 is 23.3 Å². The maximum Gasteiger partial charge on any atom is 0.229 e. The number of fused-ring (bicyclic) bond motifs is 4. The molecule has 4 aliphatic rings. The molecule has 0 radical (unpaired) electrons.